The minimum Gasteiger partial charge on any atom is -0.486 e. The summed E-state index contributed by atoms with van der Waals surface area (Å²) in [5.74, 6) is 1.61. The van der Waals surface area contributed by atoms with Gasteiger partial charge in [-0.2, -0.15) is 0 Å². The average Bonchev–Trinajstić information content (AvgIpc) is 2.87. The van der Waals surface area contributed by atoms with Gasteiger partial charge in [-0.05, 0) is 57.1 Å². The molecule has 5 rings (SSSR count). The molecule has 1 atom stereocenters. The van der Waals surface area contributed by atoms with Crippen LogP contribution in [0, 0.1) is 5.92 Å². The maximum Gasteiger partial charge on any atom is 0.227 e. The summed E-state index contributed by atoms with van der Waals surface area (Å²) in [6.45, 7) is 8.09. The van der Waals surface area contributed by atoms with Crippen molar-refractivity contribution in [3.63, 3.8) is 0 Å². The summed E-state index contributed by atoms with van der Waals surface area (Å²) in [7, 11) is 0. The Morgan fingerprint density at radius 3 is 2.38 bits per heavy atom. The van der Waals surface area contributed by atoms with Crippen LogP contribution in [-0.4, -0.2) is 70.2 Å². The van der Waals surface area contributed by atoms with Gasteiger partial charge in [0, 0.05) is 44.0 Å². The molecule has 0 unspecified atom stereocenters. The molecule has 0 spiro atoms. The lowest BCUT2D eigenvalue weighted by Gasteiger charge is -2.36. The van der Waals surface area contributed by atoms with E-state index in [9.17, 15) is 4.79 Å². The van der Waals surface area contributed by atoms with Gasteiger partial charge in [0.1, 0.15) is 13.2 Å². The molecule has 1 aromatic heterocycles. The Bertz CT molecular complexity index is 1250. The monoisotopic (exact) mass is 479 g/mol. The van der Waals surface area contributed by atoms with Crippen molar-refractivity contribution in [2.24, 2.45) is 5.92 Å². The van der Waals surface area contributed by atoms with Gasteiger partial charge in [0.15, 0.2) is 16.6 Å². The van der Waals surface area contributed by atoms with E-state index < -0.39 is 0 Å². The van der Waals surface area contributed by atoms with E-state index in [4.69, 9.17) is 31.7 Å². The van der Waals surface area contributed by atoms with E-state index in [0.29, 0.717) is 36.4 Å². The van der Waals surface area contributed by atoms with Gasteiger partial charge in [0.2, 0.25) is 5.91 Å². The second-order valence-electron chi connectivity index (χ2n) is 8.64. The fourth-order valence-corrected chi connectivity index (χ4v) is 4.93. The maximum absolute atomic E-state index is 12.8. The number of ether oxygens (including phenoxy) is 2. The minimum absolute atomic E-state index is 0.0145. The van der Waals surface area contributed by atoms with E-state index in [1.165, 1.54) is 0 Å². The lowest BCUT2D eigenvalue weighted by Crippen LogP contribution is -2.47. The normalized spacial score (nSPS) is 17.6. The van der Waals surface area contributed by atoms with E-state index in [1.807, 2.05) is 49.1 Å². The quantitative estimate of drug-likeness (QED) is 0.447. The Morgan fingerprint density at radius 1 is 1.06 bits per heavy atom. The van der Waals surface area contributed by atoms with Crippen LogP contribution in [-0.2, 0) is 4.79 Å². The summed E-state index contributed by atoms with van der Waals surface area (Å²) in [6.07, 6.45) is 1.86. The molecular formula is C25H29N5O3S. The molecule has 34 heavy (non-hydrogen) atoms. The highest BCUT2D eigenvalue weighted by Gasteiger charge is 2.29. The molecular weight excluding hydrogens is 450 g/mol. The molecule has 0 aliphatic carbocycles. The Labute approximate surface area is 204 Å². The molecule has 1 fully saturated rings. The van der Waals surface area contributed by atoms with Crippen LogP contribution < -0.4 is 14.8 Å². The third kappa shape index (κ3) is 4.44. The first-order valence-corrected chi connectivity index (χ1v) is 12.3. The lowest BCUT2D eigenvalue weighted by molar-refractivity contribution is -0.136. The van der Waals surface area contributed by atoms with Crippen LogP contribution >= 0.6 is 12.2 Å². The van der Waals surface area contributed by atoms with Gasteiger partial charge in [0.05, 0.1) is 28.0 Å². The van der Waals surface area contributed by atoms with Crippen LogP contribution in [0.4, 0.5) is 5.69 Å². The maximum atomic E-state index is 12.8. The number of anilines is 1. The van der Waals surface area contributed by atoms with Gasteiger partial charge in [-0.15, -0.1) is 0 Å². The van der Waals surface area contributed by atoms with Gasteiger partial charge in [-0.1, -0.05) is 0 Å². The fourth-order valence-electron chi connectivity index (χ4n) is 4.65. The van der Waals surface area contributed by atoms with E-state index in [0.717, 1.165) is 60.2 Å². The molecule has 2 aromatic carbocycles. The number of aromatic nitrogens is 2. The van der Waals surface area contributed by atoms with Crippen molar-refractivity contribution in [3.8, 4) is 11.5 Å². The summed E-state index contributed by atoms with van der Waals surface area (Å²) in [6, 6.07) is 9.60. The standard InChI is InChI=1S/C25H29N5O3S/c1-3-29(4-2)24(31)16-6-5-9-30(15-16)25(34)26-17-7-8-18-19(12-17)28-21-14-23-22(13-20(21)27-18)32-10-11-33-23/h7-8,12-14,16H,3-6,9-11,15H2,1-2H3,(H,26,34)/t16-/m1/s1. The number of benzene rings is 2. The van der Waals surface area contributed by atoms with Crippen LogP contribution in [0.2, 0.25) is 0 Å². The Hall–Kier alpha value is -3.20. The van der Waals surface area contributed by atoms with Gasteiger partial charge >= 0.3 is 0 Å². The zero-order chi connectivity index (χ0) is 23.7. The summed E-state index contributed by atoms with van der Waals surface area (Å²) in [5.41, 5.74) is 3.94. The number of amides is 1. The number of nitrogens with zero attached hydrogens (tertiary/aromatic N) is 4. The zero-order valence-corrected chi connectivity index (χ0v) is 20.4. The molecule has 178 valence electrons. The number of hydrogen-bond donors (Lipinski definition) is 1. The molecule has 0 saturated carbocycles. The highest BCUT2D eigenvalue weighted by atomic mass is 32.1. The highest BCUT2D eigenvalue weighted by Crippen LogP contribution is 2.34. The fraction of sp³-hybridized carbons (Fsp3) is 0.440. The molecule has 2 aliphatic rings. The second kappa shape index (κ2) is 9.58. The number of carbonyl (C=O) groups excluding carboxylic acids is 1. The Kier molecular flexibility index (Phi) is 6.36. The molecule has 1 N–H and O–H groups in total. The number of hydrogen-bond acceptors (Lipinski definition) is 6. The van der Waals surface area contributed by atoms with Crippen LogP contribution in [0.15, 0.2) is 30.3 Å². The van der Waals surface area contributed by atoms with Crippen molar-refractivity contribution in [3.05, 3.63) is 30.3 Å². The summed E-state index contributed by atoms with van der Waals surface area (Å²) in [5, 5.41) is 3.97. The third-order valence-corrected chi connectivity index (χ3v) is 6.84. The first kappa shape index (κ1) is 22.6. The zero-order valence-electron chi connectivity index (χ0n) is 19.5. The second-order valence-corrected chi connectivity index (χ2v) is 9.02. The van der Waals surface area contributed by atoms with Crippen molar-refractivity contribution in [2.45, 2.75) is 26.7 Å². The van der Waals surface area contributed by atoms with Crippen molar-refractivity contribution in [1.29, 1.82) is 0 Å². The van der Waals surface area contributed by atoms with Crippen molar-refractivity contribution in [1.82, 2.24) is 19.8 Å². The minimum atomic E-state index is -0.0145. The van der Waals surface area contributed by atoms with Gasteiger partial charge < -0.3 is 24.6 Å². The molecule has 8 nitrogen and oxygen atoms in total. The molecule has 3 aromatic rings. The number of piperidine rings is 1. The first-order chi connectivity index (χ1) is 16.6. The predicted octanol–water partition coefficient (Wildman–Crippen LogP) is 3.83. The molecule has 9 heteroatoms. The first-order valence-electron chi connectivity index (χ1n) is 11.9. The van der Waals surface area contributed by atoms with Crippen molar-refractivity contribution < 1.29 is 14.3 Å². The van der Waals surface area contributed by atoms with E-state index >= 15 is 0 Å². The van der Waals surface area contributed by atoms with E-state index in [-0.39, 0.29) is 11.8 Å². The number of rotatable bonds is 4. The van der Waals surface area contributed by atoms with Gasteiger partial charge in [-0.25, -0.2) is 9.97 Å². The molecule has 0 radical (unpaired) electrons. The molecule has 0 bridgehead atoms. The smallest absolute Gasteiger partial charge is 0.227 e. The van der Waals surface area contributed by atoms with E-state index in [2.05, 4.69) is 10.2 Å². The number of nitrogens with one attached hydrogen (secondary N) is 1. The predicted molar refractivity (Wildman–Crippen MR) is 136 cm³/mol. The average molecular weight is 480 g/mol. The van der Waals surface area contributed by atoms with Crippen LogP contribution in [0.1, 0.15) is 26.7 Å². The molecule has 1 amide bonds. The van der Waals surface area contributed by atoms with Crippen LogP contribution in [0.25, 0.3) is 22.1 Å². The number of likely N-dealkylation sites (tertiary alicyclic amines) is 1. The van der Waals surface area contributed by atoms with Crippen molar-refractivity contribution >= 4 is 51.0 Å². The van der Waals surface area contributed by atoms with Gasteiger partial charge in [0.25, 0.3) is 0 Å². The molecule has 2 aliphatic heterocycles. The van der Waals surface area contributed by atoms with E-state index in [1.54, 1.807) is 0 Å². The van der Waals surface area contributed by atoms with Crippen LogP contribution in [0.5, 0.6) is 11.5 Å². The molecule has 1 saturated heterocycles. The molecule has 3 heterocycles. The van der Waals surface area contributed by atoms with Crippen LogP contribution in [0.3, 0.4) is 0 Å². The van der Waals surface area contributed by atoms with Gasteiger partial charge in [-0.3, -0.25) is 4.79 Å². The Morgan fingerprint density at radius 2 is 1.71 bits per heavy atom. The number of thiocarbonyl (C=S) groups is 1. The summed E-state index contributed by atoms with van der Waals surface area (Å²) >= 11 is 5.71. The number of carbonyl (C=O) groups is 1. The van der Waals surface area contributed by atoms with Crippen molar-refractivity contribution in [2.75, 3.05) is 44.7 Å². The topological polar surface area (TPSA) is 79.8 Å². The Balaban J connectivity index is 1.33. The largest absolute Gasteiger partial charge is 0.486 e. The SMILES string of the molecule is CCN(CC)C(=O)[C@@H]1CCCN(C(=S)Nc2ccc3nc4cc5c(cc4nc3c2)OCCO5)C1. The highest BCUT2D eigenvalue weighted by molar-refractivity contribution is 7.80. The summed E-state index contributed by atoms with van der Waals surface area (Å²) in [4.78, 5) is 26.4. The lowest BCUT2D eigenvalue weighted by atomic mass is 9.96. The number of fused-ring (bicyclic) bond motifs is 3. The third-order valence-electron chi connectivity index (χ3n) is 6.48. The summed E-state index contributed by atoms with van der Waals surface area (Å²) < 4.78 is 11.4.